The average Bonchev–Trinajstić information content (AvgIpc) is 3.48. The van der Waals surface area contributed by atoms with E-state index in [1.807, 2.05) is 30.0 Å². The van der Waals surface area contributed by atoms with Crippen molar-refractivity contribution in [2.75, 3.05) is 19.7 Å². The Balaban J connectivity index is 0.000000339. The largest absolute Gasteiger partial charge is 0.490 e. The molecular formula is C21H27F3N2O5. The maximum absolute atomic E-state index is 12.2. The fourth-order valence-corrected chi connectivity index (χ4v) is 3.75. The highest BCUT2D eigenvalue weighted by Gasteiger charge is 2.49. The maximum atomic E-state index is 12.2. The van der Waals surface area contributed by atoms with Crippen molar-refractivity contribution in [1.82, 2.24) is 9.88 Å². The van der Waals surface area contributed by atoms with Crippen molar-refractivity contribution in [3.63, 3.8) is 0 Å². The summed E-state index contributed by atoms with van der Waals surface area (Å²) < 4.78 is 43.8. The van der Waals surface area contributed by atoms with Crippen LogP contribution in [0.2, 0.25) is 0 Å². The molecule has 3 fully saturated rings. The molecule has 1 unspecified atom stereocenters. The highest BCUT2D eigenvalue weighted by atomic mass is 19.4. The summed E-state index contributed by atoms with van der Waals surface area (Å²) in [5, 5.41) is 7.12. The standard InChI is InChI=1S/C19H26N2O3.C2HF3O2/c1-14-3-2-4-16(20-14)11-23-17-7-8-24-19(10-17)12-21(13-19)18(22)9-15-5-6-15;3-2(4,5)1(6)7/h2-4,15,17H,5-13H2,1H3;(H,6,7). The van der Waals surface area contributed by atoms with Gasteiger partial charge in [0.2, 0.25) is 5.91 Å². The summed E-state index contributed by atoms with van der Waals surface area (Å²) >= 11 is 0. The molecule has 172 valence electrons. The molecule has 1 saturated carbocycles. The summed E-state index contributed by atoms with van der Waals surface area (Å²) in [7, 11) is 0. The van der Waals surface area contributed by atoms with E-state index in [0.717, 1.165) is 50.3 Å². The van der Waals surface area contributed by atoms with Crippen molar-refractivity contribution < 1.29 is 37.3 Å². The minimum absolute atomic E-state index is 0.165. The van der Waals surface area contributed by atoms with Gasteiger partial charge in [0.25, 0.3) is 0 Å². The molecular weight excluding hydrogens is 417 g/mol. The van der Waals surface area contributed by atoms with Crippen LogP contribution < -0.4 is 0 Å². The van der Waals surface area contributed by atoms with Gasteiger partial charge in [0.1, 0.15) is 5.60 Å². The minimum Gasteiger partial charge on any atom is -0.475 e. The molecule has 0 bridgehead atoms. The Morgan fingerprint density at radius 3 is 2.55 bits per heavy atom. The van der Waals surface area contributed by atoms with Gasteiger partial charge in [-0.05, 0) is 44.2 Å². The number of amides is 1. The van der Waals surface area contributed by atoms with Crippen molar-refractivity contribution >= 4 is 11.9 Å². The Labute approximate surface area is 178 Å². The second kappa shape index (κ2) is 9.52. The molecule has 1 N–H and O–H groups in total. The number of pyridine rings is 1. The van der Waals surface area contributed by atoms with Crippen LogP contribution in [0.15, 0.2) is 18.2 Å². The van der Waals surface area contributed by atoms with Crippen LogP contribution in [0.3, 0.4) is 0 Å². The minimum atomic E-state index is -5.08. The first-order valence-electron chi connectivity index (χ1n) is 10.3. The zero-order chi connectivity index (χ0) is 22.6. The molecule has 2 saturated heterocycles. The van der Waals surface area contributed by atoms with Gasteiger partial charge in [-0.1, -0.05) is 6.07 Å². The lowest BCUT2D eigenvalue weighted by atomic mass is 9.84. The van der Waals surface area contributed by atoms with E-state index < -0.39 is 12.1 Å². The van der Waals surface area contributed by atoms with Crippen LogP contribution in [-0.2, 0) is 25.7 Å². The number of likely N-dealkylation sites (tertiary alicyclic amines) is 1. The number of ether oxygens (including phenoxy) is 2. The van der Waals surface area contributed by atoms with Crippen LogP contribution in [0.25, 0.3) is 0 Å². The molecule has 1 atom stereocenters. The highest BCUT2D eigenvalue weighted by molar-refractivity contribution is 5.78. The molecule has 0 aromatic carbocycles. The second-order valence-corrected chi connectivity index (χ2v) is 8.43. The molecule has 0 radical (unpaired) electrons. The number of hydrogen-bond acceptors (Lipinski definition) is 5. The Hall–Kier alpha value is -2.20. The first-order chi connectivity index (χ1) is 14.6. The molecule has 1 spiro atoms. The number of aryl methyl sites for hydroxylation is 1. The molecule has 10 heteroatoms. The van der Waals surface area contributed by atoms with Crippen molar-refractivity contribution in [2.24, 2.45) is 5.92 Å². The molecule has 7 nitrogen and oxygen atoms in total. The predicted molar refractivity (Wildman–Crippen MR) is 103 cm³/mol. The first-order valence-corrected chi connectivity index (χ1v) is 10.3. The highest BCUT2D eigenvalue weighted by Crippen LogP contribution is 2.38. The zero-order valence-electron chi connectivity index (χ0n) is 17.4. The van der Waals surface area contributed by atoms with Gasteiger partial charge >= 0.3 is 12.1 Å². The molecule has 31 heavy (non-hydrogen) atoms. The number of nitrogens with zero attached hydrogens (tertiary/aromatic N) is 2. The van der Waals surface area contributed by atoms with Crippen LogP contribution in [0.4, 0.5) is 13.2 Å². The summed E-state index contributed by atoms with van der Waals surface area (Å²) in [6.07, 6.45) is 0.0978. The predicted octanol–water partition coefficient (Wildman–Crippen LogP) is 3.10. The van der Waals surface area contributed by atoms with Crippen molar-refractivity contribution in [3.05, 3.63) is 29.6 Å². The summed E-state index contributed by atoms with van der Waals surface area (Å²) in [6.45, 7) is 4.74. The lowest BCUT2D eigenvalue weighted by Crippen LogP contribution is -2.67. The van der Waals surface area contributed by atoms with Gasteiger partial charge in [0, 0.05) is 25.1 Å². The van der Waals surface area contributed by atoms with Crippen LogP contribution in [0, 0.1) is 12.8 Å². The third-order valence-corrected chi connectivity index (χ3v) is 5.57. The van der Waals surface area contributed by atoms with Crippen LogP contribution >= 0.6 is 0 Å². The van der Waals surface area contributed by atoms with Crippen LogP contribution in [0.5, 0.6) is 0 Å². The number of halogens is 3. The number of alkyl halides is 3. The number of aromatic nitrogens is 1. The number of carbonyl (C=O) groups excluding carboxylic acids is 1. The molecule has 3 aliphatic rings. The van der Waals surface area contributed by atoms with Crippen molar-refractivity contribution in [3.8, 4) is 0 Å². The topological polar surface area (TPSA) is 89.0 Å². The van der Waals surface area contributed by atoms with Crippen molar-refractivity contribution in [2.45, 2.75) is 63.5 Å². The van der Waals surface area contributed by atoms with E-state index in [4.69, 9.17) is 19.4 Å². The molecule has 1 aliphatic carbocycles. The number of carboxylic acid groups (broad SMARTS) is 1. The number of carbonyl (C=O) groups is 2. The lowest BCUT2D eigenvalue weighted by molar-refractivity contribution is -0.202. The average molecular weight is 444 g/mol. The zero-order valence-corrected chi connectivity index (χ0v) is 17.4. The fourth-order valence-electron chi connectivity index (χ4n) is 3.75. The van der Waals surface area contributed by atoms with Crippen LogP contribution in [0.1, 0.15) is 43.5 Å². The summed E-state index contributed by atoms with van der Waals surface area (Å²) in [6, 6.07) is 6.01. The second-order valence-electron chi connectivity index (χ2n) is 8.43. The van der Waals surface area contributed by atoms with E-state index in [-0.39, 0.29) is 11.7 Å². The van der Waals surface area contributed by atoms with E-state index in [1.165, 1.54) is 12.8 Å². The smallest absolute Gasteiger partial charge is 0.475 e. The Morgan fingerprint density at radius 2 is 1.97 bits per heavy atom. The number of carboxylic acids is 1. The number of rotatable bonds is 5. The van der Waals surface area contributed by atoms with Gasteiger partial charge in [-0.15, -0.1) is 0 Å². The van der Waals surface area contributed by atoms with E-state index in [2.05, 4.69) is 4.98 Å². The molecule has 1 amide bonds. The van der Waals surface area contributed by atoms with Gasteiger partial charge < -0.3 is 19.5 Å². The maximum Gasteiger partial charge on any atom is 0.490 e. The normalized spacial score (nSPS) is 22.3. The number of aliphatic carboxylic acids is 1. The monoisotopic (exact) mass is 444 g/mol. The molecule has 2 aliphatic heterocycles. The third-order valence-electron chi connectivity index (χ3n) is 5.57. The Morgan fingerprint density at radius 1 is 1.29 bits per heavy atom. The molecule has 4 rings (SSSR count). The quantitative estimate of drug-likeness (QED) is 0.751. The third kappa shape index (κ3) is 6.90. The SMILES string of the molecule is Cc1cccc(COC2CCOC3(C2)CN(C(=O)CC2CC2)C3)n1.O=C(O)C(F)(F)F. The summed E-state index contributed by atoms with van der Waals surface area (Å²) in [4.78, 5) is 27.5. The summed E-state index contributed by atoms with van der Waals surface area (Å²) in [5.41, 5.74) is 1.83. The first kappa shape index (κ1) is 23.5. The Kier molecular flexibility index (Phi) is 7.20. The van der Waals surface area contributed by atoms with E-state index in [1.54, 1.807) is 0 Å². The summed E-state index contributed by atoms with van der Waals surface area (Å²) in [5.74, 6) is -1.80. The molecule has 3 heterocycles. The van der Waals surface area contributed by atoms with Gasteiger partial charge in [0.15, 0.2) is 0 Å². The van der Waals surface area contributed by atoms with E-state index >= 15 is 0 Å². The fraction of sp³-hybridized carbons (Fsp3) is 0.667. The Bertz CT molecular complexity index is 791. The van der Waals surface area contributed by atoms with Crippen LogP contribution in [-0.4, -0.2) is 64.4 Å². The van der Waals surface area contributed by atoms with Gasteiger partial charge in [-0.2, -0.15) is 13.2 Å². The van der Waals surface area contributed by atoms with Gasteiger partial charge in [0.05, 0.1) is 31.5 Å². The van der Waals surface area contributed by atoms with Gasteiger partial charge in [-0.25, -0.2) is 4.79 Å². The lowest BCUT2D eigenvalue weighted by Gasteiger charge is -2.53. The van der Waals surface area contributed by atoms with E-state index in [9.17, 15) is 18.0 Å². The van der Waals surface area contributed by atoms with Gasteiger partial charge in [-0.3, -0.25) is 9.78 Å². The number of hydrogen-bond donors (Lipinski definition) is 1. The van der Waals surface area contributed by atoms with E-state index in [0.29, 0.717) is 18.4 Å². The molecule has 1 aromatic rings. The molecule has 1 aromatic heterocycles. The van der Waals surface area contributed by atoms with Crippen molar-refractivity contribution in [1.29, 1.82) is 0 Å².